The van der Waals surface area contributed by atoms with Gasteiger partial charge in [0.15, 0.2) is 11.5 Å². The van der Waals surface area contributed by atoms with E-state index in [1.165, 1.54) is 18.3 Å². The average Bonchev–Trinajstić information content (AvgIpc) is 3.36. The Morgan fingerprint density at radius 1 is 1.07 bits per heavy atom. The van der Waals surface area contributed by atoms with E-state index in [1.54, 1.807) is 36.4 Å². The molecule has 0 bridgehead atoms. The van der Waals surface area contributed by atoms with Gasteiger partial charge in [0, 0.05) is 11.1 Å². The number of amides is 1. The molecule has 3 aromatic rings. The molecule has 1 aliphatic rings. The number of carboxylic acid groups (broad SMARTS) is 1. The molecule has 2 N–H and O–H groups in total. The molecule has 0 unspecified atom stereocenters. The molecule has 1 amide bonds. The number of carbonyl (C=O) groups excluding carboxylic acids is 1. The highest BCUT2D eigenvalue weighted by molar-refractivity contribution is 6.33. The van der Waals surface area contributed by atoms with Crippen molar-refractivity contribution in [1.29, 1.82) is 0 Å². The Balaban J connectivity index is 1.42. The average molecular weight is 413 g/mol. The van der Waals surface area contributed by atoms with Crippen LogP contribution < -0.4 is 14.9 Å². The van der Waals surface area contributed by atoms with E-state index in [4.69, 9.17) is 30.6 Å². The summed E-state index contributed by atoms with van der Waals surface area (Å²) in [6.07, 6.45) is 1.35. The molecule has 1 aliphatic heterocycles. The lowest BCUT2D eigenvalue weighted by molar-refractivity contribution is 0.0696. The van der Waals surface area contributed by atoms with Gasteiger partial charge in [0.25, 0.3) is 5.91 Å². The summed E-state index contributed by atoms with van der Waals surface area (Å²) in [4.78, 5) is 23.2. The molecule has 8 nitrogen and oxygen atoms in total. The molecule has 146 valence electrons. The van der Waals surface area contributed by atoms with Crippen LogP contribution in [0.5, 0.6) is 11.5 Å². The fraction of sp³-hybridized carbons (Fsp3) is 0.0500. The van der Waals surface area contributed by atoms with Crippen molar-refractivity contribution < 1.29 is 28.6 Å². The van der Waals surface area contributed by atoms with Gasteiger partial charge in [-0.15, -0.1) is 0 Å². The first-order valence-corrected chi connectivity index (χ1v) is 8.75. The number of furan rings is 1. The number of hydrogen-bond acceptors (Lipinski definition) is 6. The fourth-order valence-corrected chi connectivity index (χ4v) is 2.94. The Labute approximate surface area is 169 Å². The molecular formula is C20H13ClN2O6. The number of carboxylic acids is 1. The second-order valence-electron chi connectivity index (χ2n) is 5.97. The van der Waals surface area contributed by atoms with Crippen molar-refractivity contribution in [3.63, 3.8) is 0 Å². The Morgan fingerprint density at radius 2 is 1.90 bits per heavy atom. The molecule has 0 spiro atoms. The summed E-state index contributed by atoms with van der Waals surface area (Å²) in [5.41, 5.74) is 3.40. The number of ether oxygens (including phenoxy) is 2. The van der Waals surface area contributed by atoms with Gasteiger partial charge in [0.05, 0.1) is 16.8 Å². The summed E-state index contributed by atoms with van der Waals surface area (Å²) in [7, 11) is 0. The third-order valence-electron chi connectivity index (χ3n) is 4.10. The number of hydrazone groups is 1. The van der Waals surface area contributed by atoms with Crippen molar-refractivity contribution in [2.45, 2.75) is 0 Å². The molecule has 9 heteroatoms. The highest BCUT2D eigenvalue weighted by atomic mass is 35.5. The van der Waals surface area contributed by atoms with E-state index in [0.29, 0.717) is 34.1 Å². The van der Waals surface area contributed by atoms with Gasteiger partial charge in [-0.2, -0.15) is 5.10 Å². The van der Waals surface area contributed by atoms with Crippen molar-refractivity contribution in [1.82, 2.24) is 5.43 Å². The molecule has 2 heterocycles. The number of halogens is 1. The maximum atomic E-state index is 12.2. The van der Waals surface area contributed by atoms with Crippen molar-refractivity contribution in [2.24, 2.45) is 5.10 Å². The van der Waals surface area contributed by atoms with Crippen molar-refractivity contribution >= 4 is 29.7 Å². The lowest BCUT2D eigenvalue weighted by Gasteiger charge is -2.02. The van der Waals surface area contributed by atoms with Crippen molar-refractivity contribution in [3.05, 3.63) is 70.4 Å². The molecular weight excluding hydrogens is 400 g/mol. The van der Waals surface area contributed by atoms with Gasteiger partial charge in [-0.05, 0) is 42.5 Å². The minimum absolute atomic E-state index is 0.00925. The summed E-state index contributed by atoms with van der Waals surface area (Å²) < 4.78 is 16.1. The number of hydrogen-bond donors (Lipinski definition) is 2. The first kappa shape index (κ1) is 18.6. The van der Waals surface area contributed by atoms with Gasteiger partial charge in [0.2, 0.25) is 6.79 Å². The van der Waals surface area contributed by atoms with Crippen LogP contribution in [-0.4, -0.2) is 30.0 Å². The summed E-state index contributed by atoms with van der Waals surface area (Å²) in [5, 5.41) is 13.0. The summed E-state index contributed by atoms with van der Waals surface area (Å²) in [5.74, 6) is 0.445. The van der Waals surface area contributed by atoms with Crippen LogP contribution in [0.15, 0.2) is 58.0 Å². The second-order valence-corrected chi connectivity index (χ2v) is 6.38. The summed E-state index contributed by atoms with van der Waals surface area (Å²) >= 11 is 5.98. The van der Waals surface area contributed by atoms with Gasteiger partial charge in [-0.3, -0.25) is 4.79 Å². The molecule has 2 aromatic carbocycles. The molecule has 0 aliphatic carbocycles. The number of fused-ring (bicyclic) bond motifs is 1. The quantitative estimate of drug-likeness (QED) is 0.487. The topological polar surface area (TPSA) is 110 Å². The summed E-state index contributed by atoms with van der Waals surface area (Å²) in [6.45, 7) is 0.129. The van der Waals surface area contributed by atoms with Gasteiger partial charge in [-0.1, -0.05) is 17.7 Å². The zero-order chi connectivity index (χ0) is 20.4. The molecule has 29 heavy (non-hydrogen) atoms. The normalized spacial score (nSPS) is 12.3. The van der Waals surface area contributed by atoms with E-state index in [2.05, 4.69) is 10.5 Å². The van der Waals surface area contributed by atoms with Gasteiger partial charge in [0.1, 0.15) is 11.5 Å². The van der Waals surface area contributed by atoms with Crippen LogP contribution in [0.4, 0.5) is 0 Å². The summed E-state index contributed by atoms with van der Waals surface area (Å²) in [6, 6.07) is 12.7. The molecule has 0 saturated carbocycles. The zero-order valence-electron chi connectivity index (χ0n) is 14.7. The second kappa shape index (κ2) is 7.69. The smallest absolute Gasteiger partial charge is 0.337 e. The van der Waals surface area contributed by atoms with Crippen LogP contribution >= 0.6 is 11.6 Å². The van der Waals surface area contributed by atoms with Crippen LogP contribution in [0, 0.1) is 0 Å². The first-order valence-electron chi connectivity index (χ1n) is 8.37. The number of aromatic carboxylic acids is 1. The molecule has 4 rings (SSSR count). The fourth-order valence-electron chi connectivity index (χ4n) is 2.68. The maximum absolute atomic E-state index is 12.2. The highest BCUT2D eigenvalue weighted by Crippen LogP contribution is 2.32. The van der Waals surface area contributed by atoms with E-state index in [1.807, 2.05) is 0 Å². The first-order chi connectivity index (χ1) is 14.0. The molecule has 0 atom stereocenters. The maximum Gasteiger partial charge on any atom is 0.337 e. The Bertz CT molecular complexity index is 1140. The number of nitrogens with zero attached hydrogens (tertiary/aromatic N) is 1. The Hall–Kier alpha value is -3.78. The molecule has 0 saturated heterocycles. The standard InChI is InChI=1S/C20H13ClN2O6/c21-15-7-11(1-4-14(15)20(25)26)16-6-3-13(29-16)9-22-23-19(24)12-2-5-17-18(8-12)28-10-27-17/h1-9H,10H2,(H,23,24)(H,25,26)/b22-9+. The van der Waals surface area contributed by atoms with Crippen LogP contribution in [0.2, 0.25) is 5.02 Å². The van der Waals surface area contributed by atoms with Gasteiger partial charge < -0.3 is 19.0 Å². The SMILES string of the molecule is O=C(N/N=C/c1ccc(-c2ccc(C(=O)O)c(Cl)c2)o1)c1ccc2c(c1)OCO2. The van der Waals surface area contributed by atoms with Crippen molar-refractivity contribution in [2.75, 3.05) is 6.79 Å². The Morgan fingerprint density at radius 3 is 2.69 bits per heavy atom. The Kier molecular flexibility index (Phi) is 4.92. The third kappa shape index (κ3) is 3.92. The third-order valence-corrected chi connectivity index (χ3v) is 4.42. The van der Waals surface area contributed by atoms with E-state index >= 15 is 0 Å². The number of rotatable bonds is 5. The predicted molar refractivity (Wildman–Crippen MR) is 104 cm³/mol. The molecule has 0 fully saturated rings. The van der Waals surface area contributed by atoms with Crippen LogP contribution in [0.1, 0.15) is 26.5 Å². The number of carbonyl (C=O) groups is 2. The monoisotopic (exact) mass is 412 g/mol. The number of nitrogens with one attached hydrogen (secondary N) is 1. The minimum Gasteiger partial charge on any atom is -0.478 e. The van der Waals surface area contributed by atoms with E-state index in [0.717, 1.165) is 0 Å². The van der Waals surface area contributed by atoms with Gasteiger partial charge in [-0.25, -0.2) is 10.2 Å². The minimum atomic E-state index is -1.10. The van der Waals surface area contributed by atoms with E-state index in [9.17, 15) is 9.59 Å². The van der Waals surface area contributed by atoms with Crippen LogP contribution in [-0.2, 0) is 0 Å². The molecule has 0 radical (unpaired) electrons. The highest BCUT2D eigenvalue weighted by Gasteiger charge is 2.16. The molecule has 1 aromatic heterocycles. The predicted octanol–water partition coefficient (Wildman–Crippen LogP) is 3.79. The number of benzene rings is 2. The van der Waals surface area contributed by atoms with E-state index in [-0.39, 0.29) is 17.4 Å². The van der Waals surface area contributed by atoms with Gasteiger partial charge >= 0.3 is 5.97 Å². The lowest BCUT2D eigenvalue weighted by atomic mass is 10.1. The van der Waals surface area contributed by atoms with E-state index < -0.39 is 11.9 Å². The van der Waals surface area contributed by atoms with Crippen LogP contribution in [0.25, 0.3) is 11.3 Å². The lowest BCUT2D eigenvalue weighted by Crippen LogP contribution is -2.17. The van der Waals surface area contributed by atoms with Crippen LogP contribution in [0.3, 0.4) is 0 Å². The largest absolute Gasteiger partial charge is 0.478 e. The zero-order valence-corrected chi connectivity index (χ0v) is 15.5. The van der Waals surface area contributed by atoms with Crippen molar-refractivity contribution in [3.8, 4) is 22.8 Å².